The number of aryl methyl sites for hydroxylation is 1. The van der Waals surface area contributed by atoms with E-state index < -0.39 is 5.69 Å². The molecule has 29 heavy (non-hydrogen) atoms. The maximum Gasteiger partial charge on any atom is 0.350 e. The molecule has 0 radical (unpaired) electrons. The lowest BCUT2D eigenvalue weighted by Gasteiger charge is -2.28. The highest BCUT2D eigenvalue weighted by Gasteiger charge is 2.19. The van der Waals surface area contributed by atoms with E-state index in [1.807, 2.05) is 49.4 Å². The summed E-state index contributed by atoms with van der Waals surface area (Å²) in [7, 11) is 0. The lowest BCUT2D eigenvalue weighted by Crippen LogP contribution is -2.35. The van der Waals surface area contributed by atoms with E-state index in [1.165, 1.54) is 11.0 Å². The second kappa shape index (κ2) is 8.37. The number of rotatable bonds is 4. The Morgan fingerprint density at radius 2 is 1.90 bits per heavy atom. The number of aromatic nitrogens is 2. The van der Waals surface area contributed by atoms with E-state index in [1.54, 1.807) is 0 Å². The molecular weight excluding hydrogens is 432 g/mol. The zero-order valence-corrected chi connectivity index (χ0v) is 17.9. The number of para-hydroxylation sites is 1. The average Bonchev–Trinajstić information content (AvgIpc) is 2.72. The Morgan fingerprint density at radius 3 is 2.66 bits per heavy atom. The highest BCUT2D eigenvalue weighted by molar-refractivity contribution is 9.10. The van der Waals surface area contributed by atoms with E-state index in [0.717, 1.165) is 52.7 Å². The third-order valence-corrected chi connectivity index (χ3v) is 5.88. The normalized spacial score (nSPS) is 14.2. The van der Waals surface area contributed by atoms with Crippen LogP contribution in [0.2, 0.25) is 0 Å². The summed E-state index contributed by atoms with van der Waals surface area (Å²) in [5.74, 6) is 0.456. The third-order valence-electron chi connectivity index (χ3n) is 5.22. The number of hydrogen-bond acceptors (Lipinski definition) is 4. The molecule has 4 rings (SSSR count). The molecule has 2 aromatic carbocycles. The highest BCUT2D eigenvalue weighted by atomic mass is 79.9. The fourth-order valence-corrected chi connectivity index (χ4v) is 4.36. The predicted octanol–water partition coefficient (Wildman–Crippen LogP) is 4.10. The summed E-state index contributed by atoms with van der Waals surface area (Å²) < 4.78 is 2.25. The van der Waals surface area contributed by atoms with Gasteiger partial charge in [-0.2, -0.15) is 4.98 Å². The van der Waals surface area contributed by atoms with Gasteiger partial charge in [-0.15, -0.1) is 0 Å². The number of hydrogen-bond donors (Lipinski definition) is 1. The number of benzene rings is 2. The number of anilines is 2. The van der Waals surface area contributed by atoms with Crippen LogP contribution in [0.5, 0.6) is 0 Å². The van der Waals surface area contributed by atoms with Crippen molar-refractivity contribution in [1.29, 1.82) is 0 Å². The third kappa shape index (κ3) is 4.19. The number of nitrogens with zero attached hydrogens (tertiary/aromatic N) is 3. The van der Waals surface area contributed by atoms with Crippen molar-refractivity contribution in [3.05, 3.63) is 63.0 Å². The lowest BCUT2D eigenvalue weighted by atomic mass is 10.1. The van der Waals surface area contributed by atoms with Crippen molar-refractivity contribution in [2.45, 2.75) is 32.7 Å². The van der Waals surface area contributed by atoms with Crippen molar-refractivity contribution in [1.82, 2.24) is 9.55 Å². The van der Waals surface area contributed by atoms with Crippen molar-refractivity contribution in [3.63, 3.8) is 0 Å². The number of fused-ring (bicyclic) bond motifs is 1. The highest BCUT2D eigenvalue weighted by Crippen LogP contribution is 2.26. The van der Waals surface area contributed by atoms with Gasteiger partial charge in [0.25, 0.3) is 0 Å². The van der Waals surface area contributed by atoms with E-state index >= 15 is 0 Å². The number of piperidine rings is 1. The molecule has 150 valence electrons. The Morgan fingerprint density at radius 1 is 1.14 bits per heavy atom. The van der Waals surface area contributed by atoms with Crippen LogP contribution in [0.3, 0.4) is 0 Å². The number of halogens is 1. The monoisotopic (exact) mass is 454 g/mol. The molecule has 2 heterocycles. The van der Waals surface area contributed by atoms with Crippen LogP contribution in [0.15, 0.2) is 51.7 Å². The standard InChI is InChI=1S/C22H23BrN4O2/c1-15-9-10-18(17(23)13-15)24-20(28)14-27-19-8-4-3-7-16(19)21(25-22(27)29)26-11-5-2-6-12-26/h3-4,7-10,13H,2,5-6,11-12,14H2,1H3,(H,24,28). The number of carbonyl (C=O) groups is 1. The number of amides is 1. The molecule has 1 aliphatic rings. The van der Waals surface area contributed by atoms with Crippen LogP contribution in [0.25, 0.3) is 10.9 Å². The zero-order valence-electron chi connectivity index (χ0n) is 16.3. The lowest BCUT2D eigenvalue weighted by molar-refractivity contribution is -0.116. The van der Waals surface area contributed by atoms with E-state index in [-0.39, 0.29) is 12.5 Å². The first kappa shape index (κ1) is 19.6. The summed E-state index contributed by atoms with van der Waals surface area (Å²) in [4.78, 5) is 32.0. The van der Waals surface area contributed by atoms with Gasteiger partial charge in [0.15, 0.2) is 0 Å². The minimum atomic E-state index is -0.401. The second-order valence-electron chi connectivity index (χ2n) is 7.40. The second-order valence-corrected chi connectivity index (χ2v) is 8.25. The van der Waals surface area contributed by atoms with E-state index in [4.69, 9.17) is 0 Å². The topological polar surface area (TPSA) is 67.2 Å². The molecule has 1 saturated heterocycles. The summed E-state index contributed by atoms with van der Waals surface area (Å²) in [5, 5.41) is 3.77. The first-order chi connectivity index (χ1) is 14.0. The smallest absolute Gasteiger partial charge is 0.350 e. The summed E-state index contributed by atoms with van der Waals surface area (Å²) in [6.45, 7) is 3.70. The first-order valence-electron chi connectivity index (χ1n) is 9.83. The van der Waals surface area contributed by atoms with E-state index in [2.05, 4.69) is 31.1 Å². The molecule has 1 fully saturated rings. The van der Waals surface area contributed by atoms with Gasteiger partial charge >= 0.3 is 5.69 Å². The molecule has 0 aliphatic carbocycles. The van der Waals surface area contributed by atoms with Gasteiger partial charge in [0, 0.05) is 22.9 Å². The van der Waals surface area contributed by atoms with Crippen LogP contribution in [-0.4, -0.2) is 28.5 Å². The van der Waals surface area contributed by atoms with Crippen LogP contribution in [0.4, 0.5) is 11.5 Å². The number of carbonyl (C=O) groups excluding carboxylic acids is 1. The molecule has 1 amide bonds. The van der Waals surface area contributed by atoms with E-state index in [0.29, 0.717) is 5.69 Å². The summed E-state index contributed by atoms with van der Waals surface area (Å²) in [6.07, 6.45) is 3.42. The zero-order chi connectivity index (χ0) is 20.4. The first-order valence-corrected chi connectivity index (χ1v) is 10.6. The van der Waals surface area contributed by atoms with Crippen LogP contribution in [0, 0.1) is 6.92 Å². The molecule has 3 aromatic rings. The van der Waals surface area contributed by atoms with Crippen LogP contribution < -0.4 is 15.9 Å². The SMILES string of the molecule is Cc1ccc(NC(=O)Cn2c(=O)nc(N3CCCCC3)c3ccccc32)c(Br)c1. The van der Waals surface area contributed by atoms with Crippen molar-refractivity contribution in [2.24, 2.45) is 0 Å². The van der Waals surface area contributed by atoms with Gasteiger partial charge in [0.2, 0.25) is 5.91 Å². The average molecular weight is 455 g/mol. The predicted molar refractivity (Wildman–Crippen MR) is 120 cm³/mol. The summed E-state index contributed by atoms with van der Waals surface area (Å²) >= 11 is 3.47. The van der Waals surface area contributed by atoms with Gasteiger partial charge in [-0.3, -0.25) is 9.36 Å². The molecule has 7 heteroatoms. The summed E-state index contributed by atoms with van der Waals surface area (Å²) in [5.41, 5.74) is 2.10. The van der Waals surface area contributed by atoms with Crippen molar-refractivity contribution in [2.75, 3.05) is 23.3 Å². The van der Waals surface area contributed by atoms with Crippen molar-refractivity contribution in [3.8, 4) is 0 Å². The largest absolute Gasteiger partial charge is 0.356 e. The molecule has 1 aliphatic heterocycles. The maximum atomic E-state index is 12.8. The molecule has 0 atom stereocenters. The molecule has 0 unspecified atom stereocenters. The van der Waals surface area contributed by atoms with Gasteiger partial charge < -0.3 is 10.2 Å². The molecule has 0 bridgehead atoms. The number of nitrogens with one attached hydrogen (secondary N) is 1. The van der Waals surface area contributed by atoms with Gasteiger partial charge in [0.1, 0.15) is 12.4 Å². The summed E-state index contributed by atoms with van der Waals surface area (Å²) in [6, 6.07) is 13.4. The van der Waals surface area contributed by atoms with Gasteiger partial charge in [0.05, 0.1) is 11.2 Å². The molecule has 6 nitrogen and oxygen atoms in total. The Labute approximate surface area is 177 Å². The van der Waals surface area contributed by atoms with Gasteiger partial charge in [-0.1, -0.05) is 18.2 Å². The van der Waals surface area contributed by atoms with Crippen molar-refractivity contribution >= 4 is 44.2 Å². The quantitative estimate of drug-likeness (QED) is 0.644. The molecular formula is C22H23BrN4O2. The fourth-order valence-electron chi connectivity index (χ4n) is 3.77. The van der Waals surface area contributed by atoms with Crippen LogP contribution in [-0.2, 0) is 11.3 Å². The fraction of sp³-hybridized carbons (Fsp3) is 0.318. The Balaban J connectivity index is 1.66. The molecule has 1 N–H and O–H groups in total. The maximum absolute atomic E-state index is 12.8. The molecule has 0 saturated carbocycles. The minimum Gasteiger partial charge on any atom is -0.356 e. The Kier molecular flexibility index (Phi) is 5.67. The molecule has 1 aromatic heterocycles. The van der Waals surface area contributed by atoms with Crippen LogP contribution >= 0.6 is 15.9 Å². The minimum absolute atomic E-state index is 0.0903. The van der Waals surface area contributed by atoms with Crippen molar-refractivity contribution < 1.29 is 4.79 Å². The molecule has 0 spiro atoms. The Bertz CT molecular complexity index is 1120. The van der Waals surface area contributed by atoms with Gasteiger partial charge in [-0.05, 0) is 71.9 Å². The Hall–Kier alpha value is -2.67. The van der Waals surface area contributed by atoms with E-state index in [9.17, 15) is 9.59 Å². The van der Waals surface area contributed by atoms with Crippen LogP contribution in [0.1, 0.15) is 24.8 Å². The van der Waals surface area contributed by atoms with Gasteiger partial charge in [-0.25, -0.2) is 4.79 Å².